The molecule has 2 aliphatic rings. The Morgan fingerprint density at radius 2 is 1.04 bits per heavy atom. The second-order valence-corrected chi connectivity index (χ2v) is 5.75. The van der Waals surface area contributed by atoms with Crippen molar-refractivity contribution >= 4 is 0 Å². The van der Waals surface area contributed by atoms with Crippen LogP contribution >= 0.6 is 0 Å². The Kier molecular flexibility index (Phi) is 5.92. The van der Waals surface area contributed by atoms with Gasteiger partial charge in [-0.25, -0.2) is 0 Å². The first kappa shape index (κ1) is 18.9. The van der Waals surface area contributed by atoms with Gasteiger partial charge in [0.25, 0.3) is 0 Å². The van der Waals surface area contributed by atoms with Gasteiger partial charge < -0.3 is 55.4 Å². The lowest BCUT2D eigenvalue weighted by Crippen LogP contribution is -2.67. The van der Waals surface area contributed by atoms with E-state index >= 15 is 0 Å². The quantitative estimate of drug-likeness (QED) is 0.236. The summed E-state index contributed by atoms with van der Waals surface area (Å²) in [6, 6.07) is 0. The Morgan fingerprint density at radius 1 is 0.609 bits per heavy atom. The summed E-state index contributed by atoms with van der Waals surface area (Å²) in [6.45, 7) is -0.704. The zero-order valence-electron chi connectivity index (χ0n) is 11.9. The molecule has 11 nitrogen and oxygen atoms in total. The second kappa shape index (κ2) is 7.21. The van der Waals surface area contributed by atoms with E-state index in [1.807, 2.05) is 0 Å². The minimum absolute atomic E-state index is 0.704. The zero-order chi connectivity index (χ0) is 17.5. The lowest BCUT2D eigenvalue weighted by atomic mass is 9.84. The maximum atomic E-state index is 9.85. The molecule has 0 aromatic carbocycles. The molecule has 136 valence electrons. The number of hydrogen-bond acceptors (Lipinski definition) is 11. The fourth-order valence-corrected chi connectivity index (χ4v) is 2.69. The van der Waals surface area contributed by atoms with Crippen LogP contribution in [0.15, 0.2) is 0 Å². The summed E-state index contributed by atoms with van der Waals surface area (Å²) in [4.78, 5) is 0. The Morgan fingerprint density at radius 3 is 1.52 bits per heavy atom. The van der Waals surface area contributed by atoms with Crippen molar-refractivity contribution in [1.82, 2.24) is 0 Å². The molecule has 1 aliphatic carbocycles. The van der Waals surface area contributed by atoms with Crippen LogP contribution in [0.2, 0.25) is 0 Å². The van der Waals surface area contributed by atoms with Crippen LogP contribution in [0, 0.1) is 0 Å². The summed E-state index contributed by atoms with van der Waals surface area (Å²) in [7, 11) is 0. The van der Waals surface area contributed by atoms with Crippen molar-refractivity contribution in [3.63, 3.8) is 0 Å². The summed E-state index contributed by atoms with van der Waals surface area (Å²) >= 11 is 0. The molecule has 23 heavy (non-hydrogen) atoms. The number of aliphatic hydroxyl groups is 9. The summed E-state index contributed by atoms with van der Waals surface area (Å²) in [5.74, 6) is 0. The van der Waals surface area contributed by atoms with E-state index in [2.05, 4.69) is 0 Å². The zero-order valence-corrected chi connectivity index (χ0v) is 11.9. The monoisotopic (exact) mass is 342 g/mol. The molecule has 0 aromatic rings. The molecule has 0 bridgehead atoms. The van der Waals surface area contributed by atoms with Crippen LogP contribution in [0.25, 0.3) is 0 Å². The molecule has 1 heterocycles. The van der Waals surface area contributed by atoms with Gasteiger partial charge in [-0.05, 0) is 0 Å². The van der Waals surface area contributed by atoms with Crippen LogP contribution in [-0.4, -0.2) is 120 Å². The van der Waals surface area contributed by atoms with E-state index in [0.29, 0.717) is 0 Å². The van der Waals surface area contributed by atoms with E-state index in [9.17, 15) is 40.9 Å². The first-order valence-electron chi connectivity index (χ1n) is 7.07. The summed E-state index contributed by atoms with van der Waals surface area (Å²) < 4.78 is 10.2. The first-order valence-corrected chi connectivity index (χ1v) is 7.07. The second-order valence-electron chi connectivity index (χ2n) is 5.75. The van der Waals surface area contributed by atoms with E-state index in [1.165, 1.54) is 0 Å². The minimum atomic E-state index is -1.83. The normalized spacial score (nSPS) is 54.9. The van der Waals surface area contributed by atoms with Crippen molar-refractivity contribution in [2.45, 2.75) is 67.3 Å². The summed E-state index contributed by atoms with van der Waals surface area (Å²) in [5.41, 5.74) is 0. The molecule has 9 N–H and O–H groups in total. The molecule has 0 aromatic heterocycles. The fourth-order valence-electron chi connectivity index (χ4n) is 2.69. The van der Waals surface area contributed by atoms with E-state index in [0.717, 1.165) is 0 Å². The van der Waals surface area contributed by atoms with Gasteiger partial charge in [-0.2, -0.15) is 0 Å². The Labute approximate surface area is 130 Å². The predicted molar refractivity (Wildman–Crippen MR) is 68.7 cm³/mol. The van der Waals surface area contributed by atoms with Gasteiger partial charge in [-0.15, -0.1) is 0 Å². The molecule has 0 radical (unpaired) electrons. The Hall–Kier alpha value is -0.440. The van der Waals surface area contributed by atoms with Gasteiger partial charge >= 0.3 is 0 Å². The third kappa shape index (κ3) is 3.36. The van der Waals surface area contributed by atoms with Crippen molar-refractivity contribution in [3.8, 4) is 0 Å². The SMILES string of the molecule is OC[C@H]1O[C@H](OC2[C@H](O)[C@@H](O)C(O)[C@H](O)[C@H]2O)[C@H](O)[C@@H](O)[C@@H]1O. The molecule has 11 heteroatoms. The third-order valence-corrected chi connectivity index (χ3v) is 4.21. The van der Waals surface area contributed by atoms with Gasteiger partial charge in [0, 0.05) is 0 Å². The smallest absolute Gasteiger partial charge is 0.187 e. The maximum absolute atomic E-state index is 9.85. The van der Waals surface area contributed by atoms with Crippen molar-refractivity contribution in [2.75, 3.05) is 6.61 Å². The van der Waals surface area contributed by atoms with Gasteiger partial charge in [0.1, 0.15) is 61.0 Å². The lowest BCUT2D eigenvalue weighted by molar-refractivity contribution is -0.339. The van der Waals surface area contributed by atoms with Crippen molar-refractivity contribution in [1.29, 1.82) is 0 Å². The average Bonchev–Trinajstić information content (AvgIpc) is 2.54. The molecule has 0 amide bonds. The average molecular weight is 342 g/mol. The number of rotatable bonds is 3. The number of hydrogen-bond donors (Lipinski definition) is 9. The standard InChI is InChI=1S/C12H22O11/c13-1-2-3(14)4(15)10(21)12(22-2)23-11-8(19)6(17)5(16)7(18)9(11)20/h2-21H,1H2/t2-,3-,4+,5?,6+,7+,8-,9-,10-,11?,12-/m1/s1. The molecule has 2 fully saturated rings. The molecule has 1 saturated heterocycles. The highest BCUT2D eigenvalue weighted by Crippen LogP contribution is 2.29. The van der Waals surface area contributed by atoms with E-state index in [1.54, 1.807) is 0 Å². The minimum Gasteiger partial charge on any atom is -0.394 e. The molecule has 1 saturated carbocycles. The molecule has 2 rings (SSSR count). The Bertz CT molecular complexity index is 377. The summed E-state index contributed by atoms with van der Waals surface area (Å²) in [5, 5.41) is 86.6. The molecule has 9 atom stereocenters. The molecular formula is C12H22O11. The van der Waals surface area contributed by atoms with E-state index < -0.39 is 73.9 Å². The maximum Gasteiger partial charge on any atom is 0.187 e. The molecule has 0 spiro atoms. The van der Waals surface area contributed by atoms with Gasteiger partial charge in [-0.1, -0.05) is 0 Å². The largest absolute Gasteiger partial charge is 0.394 e. The highest BCUT2D eigenvalue weighted by molar-refractivity contribution is 5.00. The topological polar surface area (TPSA) is 201 Å². The number of aliphatic hydroxyl groups excluding tert-OH is 9. The lowest BCUT2D eigenvalue weighted by Gasteiger charge is -2.45. The third-order valence-electron chi connectivity index (χ3n) is 4.21. The van der Waals surface area contributed by atoms with Crippen LogP contribution < -0.4 is 0 Å². The first-order chi connectivity index (χ1) is 10.7. The molecule has 1 aliphatic heterocycles. The van der Waals surface area contributed by atoms with E-state index in [4.69, 9.17) is 14.6 Å². The predicted octanol–water partition coefficient (Wildman–Crippen LogP) is -6.01. The molecule has 0 unspecified atom stereocenters. The highest BCUT2D eigenvalue weighted by atomic mass is 16.7. The summed E-state index contributed by atoms with van der Waals surface area (Å²) in [6.07, 6.45) is -18.9. The van der Waals surface area contributed by atoms with Crippen LogP contribution in [0.1, 0.15) is 0 Å². The van der Waals surface area contributed by atoms with Gasteiger partial charge in [-0.3, -0.25) is 0 Å². The van der Waals surface area contributed by atoms with Gasteiger partial charge in [0.15, 0.2) is 6.29 Å². The van der Waals surface area contributed by atoms with Crippen molar-refractivity contribution < 1.29 is 55.4 Å². The van der Waals surface area contributed by atoms with Crippen LogP contribution in [0.3, 0.4) is 0 Å². The number of ether oxygens (including phenoxy) is 2. The van der Waals surface area contributed by atoms with Crippen molar-refractivity contribution in [3.05, 3.63) is 0 Å². The van der Waals surface area contributed by atoms with Crippen molar-refractivity contribution in [2.24, 2.45) is 0 Å². The van der Waals surface area contributed by atoms with Crippen LogP contribution in [0.5, 0.6) is 0 Å². The van der Waals surface area contributed by atoms with E-state index in [-0.39, 0.29) is 0 Å². The highest BCUT2D eigenvalue weighted by Gasteiger charge is 2.52. The van der Waals surface area contributed by atoms with Crippen LogP contribution in [0.4, 0.5) is 0 Å². The van der Waals surface area contributed by atoms with Crippen LogP contribution in [-0.2, 0) is 9.47 Å². The molecular weight excluding hydrogens is 320 g/mol. The Balaban J connectivity index is 2.13. The van der Waals surface area contributed by atoms with Gasteiger partial charge in [0.2, 0.25) is 0 Å². The van der Waals surface area contributed by atoms with Gasteiger partial charge in [0.05, 0.1) is 6.61 Å². The fraction of sp³-hybridized carbons (Fsp3) is 1.00.